The first kappa shape index (κ1) is 12.5. The number of aromatic nitrogens is 5. The number of nitrogen functional groups attached to an aromatic ring is 1. The molecule has 0 bridgehead atoms. The smallest absolute Gasteiger partial charge is 0.165 e. The maximum absolute atomic E-state index is 5.76. The Hall–Kier alpha value is -2.57. The van der Waals surface area contributed by atoms with Gasteiger partial charge >= 0.3 is 0 Å². The molecule has 2 N–H and O–H groups in total. The number of imidazole rings is 1. The lowest BCUT2D eigenvalue weighted by Gasteiger charge is -2.11. The van der Waals surface area contributed by atoms with Crippen LogP contribution in [0, 0.1) is 0 Å². The zero-order valence-electron chi connectivity index (χ0n) is 11.8. The number of hydrogen-bond donors (Lipinski definition) is 1. The van der Waals surface area contributed by atoms with Gasteiger partial charge in [-0.1, -0.05) is 0 Å². The van der Waals surface area contributed by atoms with Crippen molar-refractivity contribution in [1.82, 2.24) is 24.4 Å². The summed E-state index contributed by atoms with van der Waals surface area (Å²) in [5, 5.41) is 8.85. The Morgan fingerprint density at radius 3 is 2.80 bits per heavy atom. The molecule has 0 atom stereocenters. The second kappa shape index (κ2) is 4.52. The summed E-state index contributed by atoms with van der Waals surface area (Å²) in [6, 6.07) is 1.91. The Morgan fingerprint density at radius 2 is 2.10 bits per heavy atom. The molecular formula is C13H17N7. The molecule has 0 aromatic carbocycles. The Balaban J connectivity index is 2.27. The first-order chi connectivity index (χ1) is 9.60. The molecule has 20 heavy (non-hydrogen) atoms. The molecule has 0 fully saturated rings. The third-order valence-electron chi connectivity index (χ3n) is 3.18. The van der Waals surface area contributed by atoms with Gasteiger partial charge < -0.3 is 10.6 Å². The van der Waals surface area contributed by atoms with E-state index in [9.17, 15) is 0 Å². The monoisotopic (exact) mass is 271 g/mol. The molecule has 104 valence electrons. The van der Waals surface area contributed by atoms with Crippen LogP contribution in [0.1, 0.15) is 6.92 Å². The van der Waals surface area contributed by atoms with E-state index in [0.29, 0.717) is 5.82 Å². The predicted molar refractivity (Wildman–Crippen MR) is 78.6 cm³/mol. The van der Waals surface area contributed by atoms with Crippen molar-refractivity contribution in [2.75, 3.05) is 24.7 Å². The van der Waals surface area contributed by atoms with Crippen LogP contribution in [0.3, 0.4) is 0 Å². The van der Waals surface area contributed by atoms with Gasteiger partial charge in [-0.2, -0.15) is 10.2 Å². The van der Waals surface area contributed by atoms with E-state index in [1.54, 1.807) is 16.9 Å². The molecule has 0 saturated carbocycles. The summed E-state index contributed by atoms with van der Waals surface area (Å²) in [6.45, 7) is 2.88. The fourth-order valence-corrected chi connectivity index (χ4v) is 2.19. The second-order valence-electron chi connectivity index (χ2n) is 4.79. The topological polar surface area (TPSA) is 77.3 Å². The largest absolute Gasteiger partial charge is 0.382 e. The highest BCUT2D eigenvalue weighted by Crippen LogP contribution is 2.30. The van der Waals surface area contributed by atoms with E-state index in [4.69, 9.17) is 5.73 Å². The predicted octanol–water partition coefficient (Wildman–Crippen LogP) is 1.26. The minimum Gasteiger partial charge on any atom is -0.382 e. The molecule has 0 aliphatic rings. The van der Waals surface area contributed by atoms with Gasteiger partial charge in [0.1, 0.15) is 11.5 Å². The lowest BCUT2D eigenvalue weighted by atomic mass is 10.2. The minimum atomic E-state index is 0.450. The summed E-state index contributed by atoms with van der Waals surface area (Å²) in [5.74, 6) is 0.450. The van der Waals surface area contributed by atoms with Crippen molar-refractivity contribution in [2.24, 2.45) is 0 Å². The van der Waals surface area contributed by atoms with E-state index in [0.717, 1.165) is 29.1 Å². The van der Waals surface area contributed by atoms with E-state index in [1.165, 1.54) is 0 Å². The lowest BCUT2D eigenvalue weighted by Crippen LogP contribution is -2.09. The van der Waals surface area contributed by atoms with Gasteiger partial charge in [-0.25, -0.2) is 9.50 Å². The number of nitrogens with two attached hydrogens (primary N) is 1. The summed E-state index contributed by atoms with van der Waals surface area (Å²) < 4.78 is 3.59. The molecule has 0 amide bonds. The molecule has 3 rings (SSSR count). The fourth-order valence-electron chi connectivity index (χ4n) is 2.19. The number of rotatable bonds is 3. The molecular weight excluding hydrogens is 254 g/mol. The SMILES string of the molecule is CCn1cc(N(C)C)c(-c2ccnn3cc(N)nc23)n1. The number of hydrogen-bond acceptors (Lipinski definition) is 5. The normalized spacial score (nSPS) is 11.2. The average Bonchev–Trinajstić information content (AvgIpc) is 2.99. The molecule has 0 radical (unpaired) electrons. The molecule has 3 aromatic rings. The standard InChI is InChI=1S/C13H17N7/c1-4-19-7-10(18(2)3)12(17-19)9-5-6-15-20-8-11(14)16-13(9)20/h5-8H,4,14H2,1-3H3. The van der Waals surface area contributed by atoms with Crippen LogP contribution in [0.5, 0.6) is 0 Å². The van der Waals surface area contributed by atoms with Crippen molar-refractivity contribution in [2.45, 2.75) is 13.5 Å². The molecule has 7 nitrogen and oxygen atoms in total. The zero-order valence-corrected chi connectivity index (χ0v) is 11.8. The average molecular weight is 271 g/mol. The number of aryl methyl sites for hydroxylation is 1. The van der Waals surface area contributed by atoms with Gasteiger partial charge in [0.25, 0.3) is 0 Å². The third-order valence-corrected chi connectivity index (χ3v) is 3.18. The Morgan fingerprint density at radius 1 is 1.30 bits per heavy atom. The zero-order chi connectivity index (χ0) is 14.3. The van der Waals surface area contributed by atoms with Gasteiger partial charge in [0, 0.05) is 33.0 Å². The molecule has 0 spiro atoms. The fraction of sp³-hybridized carbons (Fsp3) is 0.308. The maximum Gasteiger partial charge on any atom is 0.165 e. The molecule has 0 saturated heterocycles. The molecule has 7 heteroatoms. The Labute approximate surface area is 116 Å². The van der Waals surface area contributed by atoms with Gasteiger partial charge in [0.2, 0.25) is 0 Å². The number of anilines is 2. The van der Waals surface area contributed by atoms with Crippen LogP contribution in [0.15, 0.2) is 24.7 Å². The van der Waals surface area contributed by atoms with Gasteiger partial charge in [-0.15, -0.1) is 0 Å². The summed E-state index contributed by atoms with van der Waals surface area (Å²) in [4.78, 5) is 6.37. The Kier molecular flexibility index (Phi) is 2.81. The van der Waals surface area contributed by atoms with Crippen LogP contribution in [0.2, 0.25) is 0 Å². The van der Waals surface area contributed by atoms with E-state index in [1.807, 2.05) is 35.9 Å². The van der Waals surface area contributed by atoms with Gasteiger partial charge in [-0.05, 0) is 13.0 Å². The number of nitrogens with zero attached hydrogens (tertiary/aromatic N) is 6. The third kappa shape index (κ3) is 1.87. The van der Waals surface area contributed by atoms with Crippen molar-refractivity contribution >= 4 is 17.2 Å². The summed E-state index contributed by atoms with van der Waals surface area (Å²) >= 11 is 0. The van der Waals surface area contributed by atoms with Crippen molar-refractivity contribution in [3.8, 4) is 11.3 Å². The summed E-state index contributed by atoms with van der Waals surface area (Å²) in [7, 11) is 4.00. The highest BCUT2D eigenvalue weighted by molar-refractivity contribution is 5.83. The van der Waals surface area contributed by atoms with Crippen LogP contribution in [0.25, 0.3) is 16.9 Å². The van der Waals surface area contributed by atoms with Gasteiger partial charge in [0.05, 0.1) is 17.4 Å². The molecule has 0 unspecified atom stereocenters. The van der Waals surface area contributed by atoms with Crippen LogP contribution in [0.4, 0.5) is 11.5 Å². The van der Waals surface area contributed by atoms with Crippen LogP contribution < -0.4 is 10.6 Å². The van der Waals surface area contributed by atoms with Gasteiger partial charge in [0.15, 0.2) is 5.65 Å². The van der Waals surface area contributed by atoms with Crippen molar-refractivity contribution in [3.63, 3.8) is 0 Å². The van der Waals surface area contributed by atoms with Crippen LogP contribution >= 0.6 is 0 Å². The van der Waals surface area contributed by atoms with E-state index in [-0.39, 0.29) is 0 Å². The second-order valence-corrected chi connectivity index (χ2v) is 4.79. The van der Waals surface area contributed by atoms with Crippen molar-refractivity contribution in [3.05, 3.63) is 24.7 Å². The molecule has 3 heterocycles. The highest BCUT2D eigenvalue weighted by atomic mass is 15.3. The molecule has 3 aromatic heterocycles. The maximum atomic E-state index is 5.76. The van der Waals surface area contributed by atoms with Crippen molar-refractivity contribution < 1.29 is 0 Å². The first-order valence-corrected chi connectivity index (χ1v) is 6.45. The van der Waals surface area contributed by atoms with Crippen molar-refractivity contribution in [1.29, 1.82) is 0 Å². The number of fused-ring (bicyclic) bond motifs is 1. The highest BCUT2D eigenvalue weighted by Gasteiger charge is 2.17. The van der Waals surface area contributed by atoms with Crippen LogP contribution in [-0.4, -0.2) is 38.5 Å². The van der Waals surface area contributed by atoms with E-state index >= 15 is 0 Å². The van der Waals surface area contributed by atoms with E-state index < -0.39 is 0 Å². The summed E-state index contributed by atoms with van der Waals surface area (Å²) in [5.41, 5.74) is 9.33. The van der Waals surface area contributed by atoms with Crippen LogP contribution in [-0.2, 0) is 6.54 Å². The molecule has 0 aliphatic heterocycles. The van der Waals surface area contributed by atoms with E-state index in [2.05, 4.69) is 22.1 Å². The first-order valence-electron chi connectivity index (χ1n) is 6.45. The molecule has 0 aliphatic carbocycles. The minimum absolute atomic E-state index is 0.450. The quantitative estimate of drug-likeness (QED) is 0.776. The summed E-state index contributed by atoms with van der Waals surface area (Å²) in [6.07, 6.45) is 5.46. The lowest BCUT2D eigenvalue weighted by molar-refractivity contribution is 0.662. The Bertz CT molecular complexity index is 753. The van der Waals surface area contributed by atoms with Gasteiger partial charge in [-0.3, -0.25) is 4.68 Å².